The predicted molar refractivity (Wildman–Crippen MR) is 77.9 cm³/mol. The first-order chi connectivity index (χ1) is 9.79. The van der Waals surface area contributed by atoms with E-state index in [0.717, 1.165) is 21.8 Å². The fourth-order valence-electron chi connectivity index (χ4n) is 2.33. The fourth-order valence-corrected chi connectivity index (χ4v) is 2.33. The largest absolute Gasteiger partial charge is 0.481 e. The van der Waals surface area contributed by atoms with Gasteiger partial charge in [0.25, 0.3) is 0 Å². The smallest absolute Gasteiger partial charge is 0.344 e. The lowest BCUT2D eigenvalue weighted by Gasteiger charge is -2.07. The number of esters is 1. The third-order valence-corrected chi connectivity index (χ3v) is 3.14. The zero-order valence-electron chi connectivity index (χ0n) is 11.2. The first kappa shape index (κ1) is 12.5. The number of H-pyrrole nitrogens is 1. The van der Waals surface area contributed by atoms with Crippen molar-refractivity contribution in [1.29, 1.82) is 0 Å². The Morgan fingerprint density at radius 1 is 1.10 bits per heavy atom. The van der Waals surface area contributed by atoms with Gasteiger partial charge in [0, 0.05) is 16.3 Å². The van der Waals surface area contributed by atoms with E-state index >= 15 is 0 Å². The molecule has 0 bridgehead atoms. The molecule has 0 radical (unpaired) electrons. The number of nitrogens with one attached hydrogen (secondary N) is 1. The van der Waals surface area contributed by atoms with E-state index in [1.54, 1.807) is 6.92 Å². The molecule has 4 heteroatoms. The van der Waals surface area contributed by atoms with Gasteiger partial charge in [0.05, 0.1) is 12.1 Å². The summed E-state index contributed by atoms with van der Waals surface area (Å²) < 4.78 is 10.5. The Balaban J connectivity index is 2.00. The summed E-state index contributed by atoms with van der Waals surface area (Å²) >= 11 is 0. The SMILES string of the molecule is CCOC(=O)COc1cccc2[nH]c3ccccc3c12. The molecule has 3 rings (SSSR count). The van der Waals surface area contributed by atoms with Crippen LogP contribution in [-0.2, 0) is 9.53 Å². The molecule has 1 heterocycles. The van der Waals surface area contributed by atoms with Crippen molar-refractivity contribution in [3.8, 4) is 5.75 Å². The molecule has 3 aromatic rings. The molecule has 0 aliphatic rings. The summed E-state index contributed by atoms with van der Waals surface area (Å²) in [4.78, 5) is 14.7. The monoisotopic (exact) mass is 269 g/mol. The number of hydrogen-bond acceptors (Lipinski definition) is 3. The Morgan fingerprint density at radius 3 is 2.75 bits per heavy atom. The standard InChI is InChI=1S/C16H15NO3/c1-2-19-15(18)10-20-14-9-5-8-13-16(14)11-6-3-4-7-12(11)17-13/h3-9,17H,2,10H2,1H3. The Kier molecular flexibility index (Phi) is 3.29. The van der Waals surface area contributed by atoms with E-state index in [2.05, 4.69) is 4.98 Å². The van der Waals surface area contributed by atoms with Gasteiger partial charge in [0.2, 0.25) is 0 Å². The predicted octanol–water partition coefficient (Wildman–Crippen LogP) is 3.26. The summed E-state index contributed by atoms with van der Waals surface area (Å²) in [5.74, 6) is 0.331. The number of aromatic amines is 1. The van der Waals surface area contributed by atoms with Crippen LogP contribution in [0.15, 0.2) is 42.5 Å². The van der Waals surface area contributed by atoms with Gasteiger partial charge < -0.3 is 14.5 Å². The fraction of sp³-hybridized carbons (Fsp3) is 0.188. The summed E-state index contributed by atoms with van der Waals surface area (Å²) in [5.41, 5.74) is 2.04. The van der Waals surface area contributed by atoms with Crippen LogP contribution < -0.4 is 4.74 Å². The van der Waals surface area contributed by atoms with Gasteiger partial charge in [-0.25, -0.2) is 4.79 Å². The second-order valence-electron chi connectivity index (χ2n) is 4.44. The van der Waals surface area contributed by atoms with Crippen molar-refractivity contribution in [3.63, 3.8) is 0 Å². The third-order valence-electron chi connectivity index (χ3n) is 3.14. The van der Waals surface area contributed by atoms with Crippen molar-refractivity contribution in [2.24, 2.45) is 0 Å². The van der Waals surface area contributed by atoms with Gasteiger partial charge in [-0.1, -0.05) is 24.3 Å². The van der Waals surface area contributed by atoms with Crippen LogP contribution in [0.25, 0.3) is 21.8 Å². The van der Waals surface area contributed by atoms with E-state index in [9.17, 15) is 4.79 Å². The highest BCUT2D eigenvalue weighted by Crippen LogP contribution is 2.32. The Hall–Kier alpha value is -2.49. The van der Waals surface area contributed by atoms with Crippen LogP contribution in [0, 0.1) is 0 Å². The zero-order chi connectivity index (χ0) is 13.9. The van der Waals surface area contributed by atoms with E-state index in [4.69, 9.17) is 9.47 Å². The van der Waals surface area contributed by atoms with Crippen LogP contribution >= 0.6 is 0 Å². The molecule has 0 unspecified atom stereocenters. The Labute approximate surface area is 116 Å². The molecule has 0 aliphatic heterocycles. The molecule has 0 spiro atoms. The first-order valence-electron chi connectivity index (χ1n) is 6.57. The van der Waals surface area contributed by atoms with Crippen LogP contribution in [0.1, 0.15) is 6.92 Å². The first-order valence-corrected chi connectivity index (χ1v) is 6.57. The van der Waals surface area contributed by atoms with Crippen LogP contribution in [0.4, 0.5) is 0 Å². The van der Waals surface area contributed by atoms with Gasteiger partial charge in [-0.15, -0.1) is 0 Å². The average molecular weight is 269 g/mol. The number of para-hydroxylation sites is 1. The highest BCUT2D eigenvalue weighted by Gasteiger charge is 2.10. The lowest BCUT2D eigenvalue weighted by atomic mass is 10.1. The van der Waals surface area contributed by atoms with E-state index < -0.39 is 0 Å². The molecule has 0 fully saturated rings. The molecule has 1 N–H and O–H groups in total. The molecule has 1 aromatic heterocycles. The van der Waals surface area contributed by atoms with E-state index in [0.29, 0.717) is 12.4 Å². The normalized spacial score (nSPS) is 10.8. The third kappa shape index (κ3) is 2.20. The van der Waals surface area contributed by atoms with Crippen LogP contribution in [0.2, 0.25) is 0 Å². The second kappa shape index (κ2) is 5.25. The quantitative estimate of drug-likeness (QED) is 0.740. The molecule has 2 aromatic carbocycles. The van der Waals surface area contributed by atoms with Gasteiger partial charge in [0.15, 0.2) is 6.61 Å². The maximum atomic E-state index is 11.4. The van der Waals surface area contributed by atoms with Gasteiger partial charge in [-0.2, -0.15) is 0 Å². The molecule has 0 saturated carbocycles. The molecule has 0 atom stereocenters. The minimum atomic E-state index is -0.357. The van der Waals surface area contributed by atoms with Crippen LogP contribution in [-0.4, -0.2) is 24.2 Å². The second-order valence-corrected chi connectivity index (χ2v) is 4.44. The molecule has 102 valence electrons. The van der Waals surface area contributed by atoms with Crippen molar-refractivity contribution >= 4 is 27.8 Å². The van der Waals surface area contributed by atoms with Gasteiger partial charge in [-0.05, 0) is 25.1 Å². The summed E-state index contributed by atoms with van der Waals surface area (Å²) in [5, 5.41) is 2.08. The van der Waals surface area contributed by atoms with Crippen molar-refractivity contribution in [2.45, 2.75) is 6.92 Å². The molecule has 20 heavy (non-hydrogen) atoms. The minimum Gasteiger partial charge on any atom is -0.481 e. The summed E-state index contributed by atoms with van der Waals surface area (Å²) in [7, 11) is 0. The van der Waals surface area contributed by atoms with Crippen molar-refractivity contribution < 1.29 is 14.3 Å². The maximum absolute atomic E-state index is 11.4. The van der Waals surface area contributed by atoms with Crippen molar-refractivity contribution in [1.82, 2.24) is 4.98 Å². The molecule has 4 nitrogen and oxygen atoms in total. The van der Waals surface area contributed by atoms with Gasteiger partial charge in [-0.3, -0.25) is 0 Å². The Bertz CT molecular complexity index is 761. The summed E-state index contributed by atoms with van der Waals surface area (Å²) in [6, 6.07) is 13.8. The zero-order valence-corrected chi connectivity index (χ0v) is 11.2. The Morgan fingerprint density at radius 2 is 1.90 bits per heavy atom. The number of benzene rings is 2. The van der Waals surface area contributed by atoms with Crippen molar-refractivity contribution in [3.05, 3.63) is 42.5 Å². The number of carbonyl (C=O) groups is 1. The molecule has 0 saturated heterocycles. The van der Waals surface area contributed by atoms with Crippen molar-refractivity contribution in [2.75, 3.05) is 13.2 Å². The summed E-state index contributed by atoms with van der Waals surface area (Å²) in [6.07, 6.45) is 0. The van der Waals surface area contributed by atoms with E-state index in [1.165, 1.54) is 0 Å². The lowest BCUT2D eigenvalue weighted by molar-refractivity contribution is -0.145. The molecular weight excluding hydrogens is 254 g/mol. The number of aromatic nitrogens is 1. The van der Waals surface area contributed by atoms with Gasteiger partial charge >= 0.3 is 5.97 Å². The number of fused-ring (bicyclic) bond motifs is 3. The van der Waals surface area contributed by atoms with E-state index in [1.807, 2.05) is 42.5 Å². The van der Waals surface area contributed by atoms with Crippen LogP contribution in [0.3, 0.4) is 0 Å². The van der Waals surface area contributed by atoms with E-state index in [-0.39, 0.29) is 12.6 Å². The highest BCUT2D eigenvalue weighted by atomic mass is 16.6. The summed E-state index contributed by atoms with van der Waals surface area (Å²) in [6.45, 7) is 2.06. The number of hydrogen-bond donors (Lipinski definition) is 1. The molecular formula is C16H15NO3. The average Bonchev–Trinajstić information content (AvgIpc) is 2.84. The minimum absolute atomic E-state index is 0.0769. The maximum Gasteiger partial charge on any atom is 0.344 e. The number of rotatable bonds is 4. The topological polar surface area (TPSA) is 51.3 Å². The van der Waals surface area contributed by atoms with Gasteiger partial charge in [0.1, 0.15) is 5.75 Å². The highest BCUT2D eigenvalue weighted by molar-refractivity contribution is 6.10. The number of ether oxygens (including phenoxy) is 2. The molecule has 0 aliphatic carbocycles. The lowest BCUT2D eigenvalue weighted by Crippen LogP contribution is -2.14. The van der Waals surface area contributed by atoms with Crippen LogP contribution in [0.5, 0.6) is 5.75 Å². The number of carbonyl (C=O) groups excluding carboxylic acids is 1. The molecule has 0 amide bonds.